The molecule has 0 saturated carbocycles. The fourth-order valence-corrected chi connectivity index (χ4v) is 3.73. The molecule has 24 heavy (non-hydrogen) atoms. The molecular formula is C18H20BrN5. The molecular weight excluding hydrogens is 366 g/mol. The minimum absolute atomic E-state index is 0.549. The summed E-state index contributed by atoms with van der Waals surface area (Å²) in [5.41, 5.74) is 2.22. The molecule has 1 aromatic carbocycles. The molecule has 0 amide bonds. The monoisotopic (exact) mass is 385 g/mol. The Bertz CT molecular complexity index is 817. The number of halogens is 1. The molecule has 3 aromatic rings. The first kappa shape index (κ1) is 15.6. The van der Waals surface area contributed by atoms with Crippen LogP contribution in [0.2, 0.25) is 0 Å². The Balaban J connectivity index is 1.44. The van der Waals surface area contributed by atoms with Gasteiger partial charge in [0.05, 0.1) is 10.7 Å². The molecule has 0 spiro atoms. The highest BCUT2D eigenvalue weighted by Crippen LogP contribution is 2.22. The second-order valence-corrected chi connectivity index (χ2v) is 7.05. The minimum atomic E-state index is 0.549. The lowest BCUT2D eigenvalue weighted by Gasteiger charge is -2.25. The Morgan fingerprint density at radius 3 is 2.96 bits per heavy atom. The SMILES string of the molecule is Brc1cnn2c(NCC3CCCN3Cc3ccccc3)ccnc12. The predicted molar refractivity (Wildman–Crippen MR) is 99.1 cm³/mol. The highest BCUT2D eigenvalue weighted by atomic mass is 79.9. The van der Waals surface area contributed by atoms with E-state index in [-0.39, 0.29) is 0 Å². The molecule has 1 N–H and O–H groups in total. The number of likely N-dealkylation sites (tertiary alicyclic amines) is 1. The molecule has 0 radical (unpaired) electrons. The van der Waals surface area contributed by atoms with E-state index in [1.807, 2.05) is 16.8 Å². The number of rotatable bonds is 5. The van der Waals surface area contributed by atoms with E-state index in [9.17, 15) is 0 Å². The van der Waals surface area contributed by atoms with Crippen molar-refractivity contribution < 1.29 is 0 Å². The molecule has 0 aliphatic carbocycles. The van der Waals surface area contributed by atoms with Crippen molar-refractivity contribution in [2.24, 2.45) is 0 Å². The molecule has 4 rings (SSSR count). The zero-order chi connectivity index (χ0) is 16.4. The van der Waals surface area contributed by atoms with Gasteiger partial charge in [-0.15, -0.1) is 0 Å². The Labute approximate surface area is 149 Å². The van der Waals surface area contributed by atoms with Crippen molar-refractivity contribution in [3.8, 4) is 0 Å². The molecule has 1 unspecified atom stereocenters. The van der Waals surface area contributed by atoms with Crippen molar-refractivity contribution in [2.45, 2.75) is 25.4 Å². The molecule has 1 aliphatic rings. The third-order valence-electron chi connectivity index (χ3n) is 4.60. The largest absolute Gasteiger partial charge is 0.368 e. The topological polar surface area (TPSA) is 45.5 Å². The third-order valence-corrected chi connectivity index (χ3v) is 5.16. The van der Waals surface area contributed by atoms with Gasteiger partial charge in [-0.25, -0.2) is 4.98 Å². The van der Waals surface area contributed by atoms with Gasteiger partial charge in [0.2, 0.25) is 0 Å². The molecule has 3 heterocycles. The number of nitrogens with one attached hydrogen (secondary N) is 1. The molecule has 1 aliphatic heterocycles. The van der Waals surface area contributed by atoms with Crippen LogP contribution in [0.3, 0.4) is 0 Å². The van der Waals surface area contributed by atoms with E-state index >= 15 is 0 Å². The molecule has 6 heteroatoms. The van der Waals surface area contributed by atoms with Crippen LogP contribution in [0.1, 0.15) is 18.4 Å². The summed E-state index contributed by atoms with van der Waals surface area (Å²) in [6, 6.07) is 13.2. The zero-order valence-electron chi connectivity index (χ0n) is 13.4. The van der Waals surface area contributed by atoms with E-state index in [4.69, 9.17) is 0 Å². The number of nitrogens with zero attached hydrogens (tertiary/aromatic N) is 4. The van der Waals surface area contributed by atoms with Crippen molar-refractivity contribution in [3.05, 3.63) is 58.8 Å². The smallest absolute Gasteiger partial charge is 0.171 e. The quantitative estimate of drug-likeness (QED) is 0.728. The van der Waals surface area contributed by atoms with Gasteiger partial charge in [0, 0.05) is 25.3 Å². The summed E-state index contributed by atoms with van der Waals surface area (Å²) < 4.78 is 2.76. The van der Waals surface area contributed by atoms with Crippen LogP contribution >= 0.6 is 15.9 Å². The second-order valence-electron chi connectivity index (χ2n) is 6.19. The first-order chi connectivity index (χ1) is 11.8. The van der Waals surface area contributed by atoms with E-state index < -0.39 is 0 Å². The van der Waals surface area contributed by atoms with Gasteiger partial charge >= 0.3 is 0 Å². The summed E-state index contributed by atoms with van der Waals surface area (Å²) >= 11 is 3.48. The van der Waals surface area contributed by atoms with Crippen LogP contribution in [0.4, 0.5) is 5.82 Å². The van der Waals surface area contributed by atoms with Crippen LogP contribution in [0, 0.1) is 0 Å². The van der Waals surface area contributed by atoms with Crippen LogP contribution in [0.5, 0.6) is 0 Å². The van der Waals surface area contributed by atoms with Crippen LogP contribution in [0.15, 0.2) is 53.3 Å². The van der Waals surface area contributed by atoms with Gasteiger partial charge < -0.3 is 5.32 Å². The summed E-state index contributed by atoms with van der Waals surface area (Å²) in [7, 11) is 0. The Kier molecular flexibility index (Phi) is 4.49. The number of benzene rings is 1. The summed E-state index contributed by atoms with van der Waals surface area (Å²) in [6.07, 6.45) is 6.10. The first-order valence-corrected chi connectivity index (χ1v) is 9.10. The third kappa shape index (κ3) is 3.16. The van der Waals surface area contributed by atoms with Gasteiger partial charge in [0.25, 0.3) is 0 Å². The maximum atomic E-state index is 4.38. The van der Waals surface area contributed by atoms with E-state index in [2.05, 4.69) is 66.6 Å². The number of hydrogen-bond donors (Lipinski definition) is 1. The maximum absolute atomic E-state index is 4.38. The van der Waals surface area contributed by atoms with Crippen molar-refractivity contribution in [3.63, 3.8) is 0 Å². The molecule has 1 atom stereocenters. The van der Waals surface area contributed by atoms with Gasteiger partial charge in [-0.2, -0.15) is 9.61 Å². The second kappa shape index (κ2) is 6.91. The summed E-state index contributed by atoms with van der Waals surface area (Å²) in [6.45, 7) is 3.11. The fraction of sp³-hybridized carbons (Fsp3) is 0.333. The standard InChI is InChI=1S/C18H20BrN5/c19-16-12-22-24-17(8-9-20-18(16)24)21-11-15-7-4-10-23(15)13-14-5-2-1-3-6-14/h1-3,5-6,8-9,12,15,21H,4,7,10-11,13H2. The average Bonchev–Trinajstić information content (AvgIpc) is 3.21. The summed E-state index contributed by atoms with van der Waals surface area (Å²) in [5.74, 6) is 0.984. The Morgan fingerprint density at radius 2 is 2.08 bits per heavy atom. The lowest BCUT2D eigenvalue weighted by Crippen LogP contribution is -2.34. The maximum Gasteiger partial charge on any atom is 0.171 e. The summed E-state index contributed by atoms with van der Waals surface area (Å²) in [5, 5.41) is 7.94. The normalized spacial score (nSPS) is 18.3. The fourth-order valence-electron chi connectivity index (χ4n) is 3.37. The number of fused-ring (bicyclic) bond motifs is 1. The van der Waals surface area contributed by atoms with Crippen molar-refractivity contribution >= 4 is 27.4 Å². The molecule has 0 bridgehead atoms. The lowest BCUT2D eigenvalue weighted by molar-refractivity contribution is 0.254. The van der Waals surface area contributed by atoms with Crippen molar-refractivity contribution in [1.82, 2.24) is 19.5 Å². The molecule has 124 valence electrons. The number of hydrogen-bond acceptors (Lipinski definition) is 4. The van der Waals surface area contributed by atoms with E-state index in [0.717, 1.165) is 29.0 Å². The predicted octanol–water partition coefficient (Wildman–Crippen LogP) is 3.57. The van der Waals surface area contributed by atoms with Gasteiger partial charge in [-0.3, -0.25) is 4.90 Å². The van der Waals surface area contributed by atoms with Gasteiger partial charge in [0.1, 0.15) is 5.82 Å². The van der Waals surface area contributed by atoms with E-state index in [0.29, 0.717) is 6.04 Å². The zero-order valence-corrected chi connectivity index (χ0v) is 15.0. The van der Waals surface area contributed by atoms with Crippen molar-refractivity contribution in [1.29, 1.82) is 0 Å². The van der Waals surface area contributed by atoms with Crippen LogP contribution in [-0.4, -0.2) is 38.6 Å². The van der Waals surface area contributed by atoms with Crippen molar-refractivity contribution in [2.75, 3.05) is 18.4 Å². The van der Waals surface area contributed by atoms with Gasteiger partial charge in [0.15, 0.2) is 5.65 Å². The van der Waals surface area contributed by atoms with Gasteiger partial charge in [-0.1, -0.05) is 30.3 Å². The Morgan fingerprint density at radius 1 is 1.21 bits per heavy atom. The first-order valence-electron chi connectivity index (χ1n) is 8.31. The van der Waals surface area contributed by atoms with Gasteiger partial charge in [-0.05, 0) is 46.9 Å². The van der Waals surface area contributed by atoms with Crippen LogP contribution in [-0.2, 0) is 6.54 Å². The average molecular weight is 386 g/mol. The molecule has 2 aromatic heterocycles. The number of aromatic nitrogens is 3. The molecule has 1 fully saturated rings. The highest BCUT2D eigenvalue weighted by molar-refractivity contribution is 9.10. The van der Waals surface area contributed by atoms with Crippen LogP contribution < -0.4 is 5.32 Å². The van der Waals surface area contributed by atoms with E-state index in [1.54, 1.807) is 6.20 Å². The Hall–Kier alpha value is -1.92. The minimum Gasteiger partial charge on any atom is -0.368 e. The van der Waals surface area contributed by atoms with E-state index in [1.165, 1.54) is 24.9 Å². The highest BCUT2D eigenvalue weighted by Gasteiger charge is 2.24. The molecule has 1 saturated heterocycles. The summed E-state index contributed by atoms with van der Waals surface area (Å²) in [4.78, 5) is 6.92. The van der Waals surface area contributed by atoms with Crippen LogP contribution in [0.25, 0.3) is 5.65 Å². The number of anilines is 1. The molecule has 5 nitrogen and oxygen atoms in total. The lowest BCUT2D eigenvalue weighted by atomic mass is 10.2.